The first kappa shape index (κ1) is 18.9. The van der Waals surface area contributed by atoms with Gasteiger partial charge in [0.05, 0.1) is 6.04 Å². The molecule has 2 aromatic rings. The summed E-state index contributed by atoms with van der Waals surface area (Å²) in [6.07, 6.45) is 0. The molecule has 1 unspecified atom stereocenters. The molecule has 1 N–H and O–H groups in total. The number of carbonyl (C=O) groups is 1. The first-order valence-electron chi connectivity index (χ1n) is 9.51. The molecule has 0 aliphatic carbocycles. The Morgan fingerprint density at radius 1 is 1.11 bits per heavy atom. The van der Waals surface area contributed by atoms with Crippen LogP contribution in [0.15, 0.2) is 42.5 Å². The number of nitrogens with zero attached hydrogens (tertiary/aromatic N) is 2. The van der Waals surface area contributed by atoms with Gasteiger partial charge in [-0.25, -0.2) is 0 Å². The smallest absolute Gasteiger partial charge is 0.237 e. The predicted octanol–water partition coefficient (Wildman–Crippen LogP) is 2.90. The van der Waals surface area contributed by atoms with E-state index in [1.54, 1.807) is 0 Å². The van der Waals surface area contributed by atoms with E-state index in [0.717, 1.165) is 54.0 Å². The Kier molecular flexibility index (Phi) is 5.59. The van der Waals surface area contributed by atoms with Gasteiger partial charge in [-0.05, 0) is 42.8 Å². The minimum atomic E-state index is -0.171. The summed E-state index contributed by atoms with van der Waals surface area (Å²) in [4.78, 5) is 17.1. The van der Waals surface area contributed by atoms with Gasteiger partial charge in [-0.1, -0.05) is 23.7 Å². The van der Waals surface area contributed by atoms with Crippen LogP contribution in [0.3, 0.4) is 0 Å². The quantitative estimate of drug-likeness (QED) is 0.834. The van der Waals surface area contributed by atoms with E-state index in [1.165, 1.54) is 0 Å². The van der Waals surface area contributed by atoms with E-state index in [1.807, 2.05) is 43.3 Å². The van der Waals surface area contributed by atoms with Gasteiger partial charge in [0, 0.05) is 43.4 Å². The van der Waals surface area contributed by atoms with Gasteiger partial charge in [0.15, 0.2) is 11.5 Å². The largest absolute Gasteiger partial charge is 0.454 e. The highest BCUT2D eigenvalue weighted by Gasteiger charge is 2.25. The maximum absolute atomic E-state index is 12.6. The fraction of sp³-hybridized carbons (Fsp3) is 0.381. The highest BCUT2D eigenvalue weighted by Crippen LogP contribution is 2.32. The van der Waals surface area contributed by atoms with Crippen LogP contribution in [0.25, 0.3) is 0 Å². The summed E-state index contributed by atoms with van der Waals surface area (Å²) in [6.45, 7) is 6.12. The molecule has 1 fully saturated rings. The van der Waals surface area contributed by atoms with Gasteiger partial charge in [-0.15, -0.1) is 0 Å². The maximum atomic E-state index is 12.6. The maximum Gasteiger partial charge on any atom is 0.237 e. The van der Waals surface area contributed by atoms with Gasteiger partial charge >= 0.3 is 0 Å². The molecule has 0 saturated carbocycles. The normalized spacial score (nSPS) is 17.4. The fourth-order valence-corrected chi connectivity index (χ4v) is 3.78. The van der Waals surface area contributed by atoms with Crippen molar-refractivity contribution < 1.29 is 14.3 Å². The molecule has 1 amide bonds. The number of ether oxygens (including phenoxy) is 2. The number of halogens is 1. The van der Waals surface area contributed by atoms with Gasteiger partial charge in [0.2, 0.25) is 12.7 Å². The van der Waals surface area contributed by atoms with Crippen LogP contribution in [0.4, 0.5) is 5.69 Å². The van der Waals surface area contributed by atoms with E-state index in [0.29, 0.717) is 6.54 Å². The Morgan fingerprint density at radius 3 is 2.68 bits per heavy atom. The molecule has 2 heterocycles. The topological polar surface area (TPSA) is 54.0 Å². The summed E-state index contributed by atoms with van der Waals surface area (Å²) in [5.74, 6) is 1.52. The van der Waals surface area contributed by atoms with Crippen LogP contribution in [-0.2, 0) is 11.3 Å². The number of benzene rings is 2. The number of amides is 1. The first-order valence-corrected chi connectivity index (χ1v) is 9.89. The lowest BCUT2D eigenvalue weighted by molar-refractivity contribution is -0.126. The Morgan fingerprint density at radius 2 is 1.89 bits per heavy atom. The van der Waals surface area contributed by atoms with E-state index in [-0.39, 0.29) is 18.7 Å². The summed E-state index contributed by atoms with van der Waals surface area (Å²) >= 11 is 6.10. The molecule has 7 heteroatoms. The zero-order valence-electron chi connectivity index (χ0n) is 15.9. The van der Waals surface area contributed by atoms with Crippen molar-refractivity contribution in [2.75, 3.05) is 37.9 Å². The Balaban J connectivity index is 1.27. The highest BCUT2D eigenvalue weighted by molar-refractivity contribution is 6.30. The van der Waals surface area contributed by atoms with Gasteiger partial charge in [-0.3, -0.25) is 9.69 Å². The third-order valence-electron chi connectivity index (χ3n) is 5.32. The van der Waals surface area contributed by atoms with Crippen LogP contribution in [0.5, 0.6) is 11.5 Å². The van der Waals surface area contributed by atoms with E-state index < -0.39 is 0 Å². The molecule has 0 aromatic heterocycles. The lowest BCUT2D eigenvalue weighted by atomic mass is 10.1. The number of carbonyl (C=O) groups excluding carboxylic acids is 1. The van der Waals surface area contributed by atoms with Gasteiger partial charge in [0.1, 0.15) is 0 Å². The third kappa shape index (κ3) is 4.18. The van der Waals surface area contributed by atoms with Crippen LogP contribution in [-0.4, -0.2) is 49.8 Å². The molecule has 2 aliphatic heterocycles. The van der Waals surface area contributed by atoms with Crippen molar-refractivity contribution in [1.82, 2.24) is 10.2 Å². The van der Waals surface area contributed by atoms with E-state index >= 15 is 0 Å². The van der Waals surface area contributed by atoms with E-state index in [4.69, 9.17) is 21.1 Å². The third-order valence-corrected chi connectivity index (χ3v) is 5.55. The lowest BCUT2D eigenvalue weighted by Crippen LogP contribution is -2.53. The summed E-state index contributed by atoms with van der Waals surface area (Å²) < 4.78 is 10.7. The summed E-state index contributed by atoms with van der Waals surface area (Å²) in [5.41, 5.74) is 2.13. The number of hydrogen-bond acceptors (Lipinski definition) is 5. The summed E-state index contributed by atoms with van der Waals surface area (Å²) in [6, 6.07) is 13.5. The minimum Gasteiger partial charge on any atom is -0.454 e. The summed E-state index contributed by atoms with van der Waals surface area (Å²) in [7, 11) is 0. The van der Waals surface area contributed by atoms with Crippen molar-refractivity contribution in [1.29, 1.82) is 0 Å². The minimum absolute atomic E-state index is 0.0360. The monoisotopic (exact) mass is 401 g/mol. The van der Waals surface area contributed by atoms with Crippen molar-refractivity contribution in [3.63, 3.8) is 0 Å². The second kappa shape index (κ2) is 8.29. The number of hydrogen-bond donors (Lipinski definition) is 1. The van der Waals surface area contributed by atoms with Gasteiger partial charge in [0.25, 0.3) is 0 Å². The lowest BCUT2D eigenvalue weighted by Gasteiger charge is -2.38. The SMILES string of the molecule is CC(C(=O)NCc1ccc2c(c1)OCO2)N1CCN(c2cccc(Cl)c2)CC1. The molecule has 28 heavy (non-hydrogen) atoms. The van der Waals surface area contributed by atoms with Crippen LogP contribution in [0.2, 0.25) is 5.02 Å². The molecule has 1 saturated heterocycles. The average Bonchev–Trinajstić information content (AvgIpc) is 3.19. The van der Waals surface area contributed by atoms with Crippen LogP contribution >= 0.6 is 11.6 Å². The molecule has 1 atom stereocenters. The molecular weight excluding hydrogens is 378 g/mol. The molecule has 6 nitrogen and oxygen atoms in total. The Labute approximate surface area is 170 Å². The second-order valence-corrected chi connectivity index (χ2v) is 7.52. The van der Waals surface area contributed by atoms with E-state index in [9.17, 15) is 4.79 Å². The predicted molar refractivity (Wildman–Crippen MR) is 109 cm³/mol. The zero-order chi connectivity index (χ0) is 19.5. The molecular formula is C21H24ClN3O3. The van der Waals surface area contributed by atoms with Crippen LogP contribution in [0, 0.1) is 0 Å². The van der Waals surface area contributed by atoms with Crippen molar-refractivity contribution in [2.45, 2.75) is 19.5 Å². The highest BCUT2D eigenvalue weighted by atomic mass is 35.5. The van der Waals surface area contributed by atoms with Gasteiger partial charge in [-0.2, -0.15) is 0 Å². The number of nitrogens with one attached hydrogen (secondary N) is 1. The zero-order valence-corrected chi connectivity index (χ0v) is 16.6. The molecule has 148 valence electrons. The fourth-order valence-electron chi connectivity index (χ4n) is 3.59. The Hall–Kier alpha value is -2.44. The van der Waals surface area contributed by atoms with Crippen molar-refractivity contribution in [2.24, 2.45) is 0 Å². The van der Waals surface area contributed by atoms with Gasteiger partial charge < -0.3 is 19.7 Å². The number of piperazine rings is 1. The summed E-state index contributed by atoms with van der Waals surface area (Å²) in [5, 5.41) is 3.78. The van der Waals surface area contributed by atoms with E-state index in [2.05, 4.69) is 21.2 Å². The molecule has 2 aliphatic rings. The molecule has 4 rings (SSSR count). The van der Waals surface area contributed by atoms with Crippen molar-refractivity contribution in [3.05, 3.63) is 53.1 Å². The number of fused-ring (bicyclic) bond motifs is 1. The second-order valence-electron chi connectivity index (χ2n) is 7.08. The van der Waals surface area contributed by atoms with Crippen LogP contribution < -0.4 is 19.7 Å². The number of rotatable bonds is 5. The Bertz CT molecular complexity index is 853. The standard InChI is InChI=1S/C21H24ClN3O3/c1-15(21(26)23-13-16-5-6-19-20(11-16)28-14-27-19)24-7-9-25(10-8-24)18-4-2-3-17(22)12-18/h2-6,11-12,15H,7-10,13-14H2,1H3,(H,23,26). The molecule has 2 aromatic carbocycles. The molecule has 0 bridgehead atoms. The van der Waals surface area contributed by atoms with Crippen LogP contribution in [0.1, 0.15) is 12.5 Å². The first-order chi connectivity index (χ1) is 13.6. The molecule has 0 spiro atoms. The average molecular weight is 402 g/mol. The molecule has 0 radical (unpaired) electrons. The number of anilines is 1. The van der Waals surface area contributed by atoms with Crippen molar-refractivity contribution in [3.8, 4) is 11.5 Å². The van der Waals surface area contributed by atoms with Crippen molar-refractivity contribution >= 4 is 23.2 Å².